The van der Waals surface area contributed by atoms with Gasteiger partial charge in [0.2, 0.25) is 5.91 Å². The maximum atomic E-state index is 11.1. The molecule has 1 atom stereocenters. The largest absolute Gasteiger partial charge is 0.323 e. The molecule has 5 heteroatoms. The fraction of sp³-hybridized carbons (Fsp3) is 0.250. The summed E-state index contributed by atoms with van der Waals surface area (Å²) in [7, 11) is 0. The van der Waals surface area contributed by atoms with E-state index in [9.17, 15) is 4.79 Å². The van der Waals surface area contributed by atoms with Crippen molar-refractivity contribution in [3.63, 3.8) is 0 Å². The quantitative estimate of drug-likeness (QED) is 0.612. The summed E-state index contributed by atoms with van der Waals surface area (Å²) in [5.74, 6) is -0.259. The van der Waals surface area contributed by atoms with Gasteiger partial charge in [0.1, 0.15) is 10.5 Å². The van der Waals surface area contributed by atoms with Crippen LogP contribution in [-0.4, -0.2) is 16.3 Å². The predicted molar refractivity (Wildman–Crippen MR) is 53.2 cm³/mol. The molecule has 0 fully saturated rings. The molecule has 0 aliphatic carbocycles. The first-order valence-corrected chi connectivity index (χ1v) is 4.47. The van der Waals surface area contributed by atoms with Crippen LogP contribution in [0.4, 0.5) is 5.69 Å². The summed E-state index contributed by atoms with van der Waals surface area (Å²) in [6.45, 7) is 1.60. The Morgan fingerprint density at radius 3 is 2.77 bits per heavy atom. The normalized spacial score (nSPS) is 12.2. The third-order valence-electron chi connectivity index (χ3n) is 1.36. The molecule has 1 rings (SSSR count). The van der Waals surface area contributed by atoms with Crippen molar-refractivity contribution >= 4 is 34.8 Å². The van der Waals surface area contributed by atoms with E-state index in [2.05, 4.69) is 10.3 Å². The van der Waals surface area contributed by atoms with E-state index in [1.54, 1.807) is 19.1 Å². The molecule has 1 aromatic rings. The molecular formula is C8H8Cl2N2O. The van der Waals surface area contributed by atoms with E-state index < -0.39 is 5.38 Å². The Morgan fingerprint density at radius 2 is 2.31 bits per heavy atom. The number of anilines is 1. The van der Waals surface area contributed by atoms with Gasteiger partial charge in [0.15, 0.2) is 0 Å². The van der Waals surface area contributed by atoms with E-state index in [1.165, 1.54) is 6.20 Å². The maximum absolute atomic E-state index is 11.1. The number of aromatic nitrogens is 1. The number of nitrogens with zero attached hydrogens (tertiary/aromatic N) is 1. The van der Waals surface area contributed by atoms with Gasteiger partial charge in [-0.05, 0) is 19.1 Å². The lowest BCUT2D eigenvalue weighted by molar-refractivity contribution is -0.115. The van der Waals surface area contributed by atoms with Crippen LogP contribution in [0.3, 0.4) is 0 Å². The van der Waals surface area contributed by atoms with Crippen molar-refractivity contribution in [3.8, 4) is 0 Å². The highest BCUT2D eigenvalue weighted by atomic mass is 35.5. The monoisotopic (exact) mass is 218 g/mol. The summed E-state index contributed by atoms with van der Waals surface area (Å²) in [6, 6.07) is 3.25. The fourth-order valence-corrected chi connectivity index (χ4v) is 0.858. The zero-order valence-electron chi connectivity index (χ0n) is 6.92. The van der Waals surface area contributed by atoms with Crippen LogP contribution < -0.4 is 5.32 Å². The van der Waals surface area contributed by atoms with Crippen LogP contribution in [0.5, 0.6) is 0 Å². The van der Waals surface area contributed by atoms with Gasteiger partial charge >= 0.3 is 0 Å². The first kappa shape index (κ1) is 10.3. The molecule has 1 unspecified atom stereocenters. The topological polar surface area (TPSA) is 42.0 Å². The average Bonchev–Trinajstić information content (AvgIpc) is 2.08. The first-order valence-electron chi connectivity index (χ1n) is 3.66. The molecule has 0 saturated heterocycles. The van der Waals surface area contributed by atoms with Crippen molar-refractivity contribution < 1.29 is 4.79 Å². The molecule has 0 bridgehead atoms. The highest BCUT2D eigenvalue weighted by Crippen LogP contribution is 2.10. The summed E-state index contributed by atoms with van der Waals surface area (Å²) < 4.78 is 0. The van der Waals surface area contributed by atoms with E-state index in [1.807, 2.05) is 0 Å². The molecule has 0 aliphatic heterocycles. The zero-order chi connectivity index (χ0) is 9.84. The number of rotatable bonds is 2. The van der Waals surface area contributed by atoms with Gasteiger partial charge in [-0.3, -0.25) is 4.79 Å². The van der Waals surface area contributed by atoms with Crippen molar-refractivity contribution in [1.82, 2.24) is 4.98 Å². The molecule has 70 valence electrons. The molecule has 3 nitrogen and oxygen atoms in total. The number of hydrogen-bond donors (Lipinski definition) is 1. The third-order valence-corrected chi connectivity index (χ3v) is 1.78. The van der Waals surface area contributed by atoms with E-state index >= 15 is 0 Å². The number of carbonyl (C=O) groups excluding carboxylic acids is 1. The number of pyridine rings is 1. The molecule has 0 saturated carbocycles. The summed E-state index contributed by atoms with van der Waals surface area (Å²) >= 11 is 11.1. The predicted octanol–water partition coefficient (Wildman–Crippen LogP) is 2.30. The van der Waals surface area contributed by atoms with Gasteiger partial charge in [-0.25, -0.2) is 4.98 Å². The highest BCUT2D eigenvalue weighted by Gasteiger charge is 2.08. The molecule has 1 heterocycles. The van der Waals surface area contributed by atoms with Gasteiger partial charge in [-0.2, -0.15) is 0 Å². The van der Waals surface area contributed by atoms with Gasteiger partial charge in [0, 0.05) is 0 Å². The second kappa shape index (κ2) is 4.44. The van der Waals surface area contributed by atoms with E-state index in [0.717, 1.165) is 0 Å². The minimum Gasteiger partial charge on any atom is -0.323 e. The number of hydrogen-bond acceptors (Lipinski definition) is 2. The molecular weight excluding hydrogens is 211 g/mol. The van der Waals surface area contributed by atoms with Crippen LogP contribution in [0.2, 0.25) is 5.15 Å². The van der Waals surface area contributed by atoms with Crippen LogP contribution in [-0.2, 0) is 4.79 Å². The molecule has 0 aromatic carbocycles. The van der Waals surface area contributed by atoms with E-state index in [0.29, 0.717) is 10.8 Å². The smallest absolute Gasteiger partial charge is 0.242 e. The third kappa shape index (κ3) is 3.20. The minimum absolute atomic E-state index is 0.259. The average molecular weight is 219 g/mol. The summed E-state index contributed by atoms with van der Waals surface area (Å²) in [5.41, 5.74) is 0.585. The number of nitrogens with one attached hydrogen (secondary N) is 1. The number of amides is 1. The van der Waals surface area contributed by atoms with Crippen molar-refractivity contribution in [2.45, 2.75) is 12.3 Å². The molecule has 0 aliphatic rings. The Hall–Kier alpha value is -0.800. The maximum Gasteiger partial charge on any atom is 0.242 e. The Bertz CT molecular complexity index is 298. The van der Waals surface area contributed by atoms with E-state index in [-0.39, 0.29) is 5.91 Å². The van der Waals surface area contributed by atoms with Gasteiger partial charge in [0.05, 0.1) is 11.9 Å². The molecule has 1 aromatic heterocycles. The van der Waals surface area contributed by atoms with Gasteiger partial charge in [-0.15, -0.1) is 11.6 Å². The summed E-state index contributed by atoms with van der Waals surface area (Å²) in [5, 5.41) is 2.40. The highest BCUT2D eigenvalue weighted by molar-refractivity contribution is 6.32. The SMILES string of the molecule is CC(Cl)C(=O)Nc1ccc(Cl)nc1. The van der Waals surface area contributed by atoms with Crippen LogP contribution >= 0.6 is 23.2 Å². The van der Waals surface area contributed by atoms with Crippen LogP contribution in [0.15, 0.2) is 18.3 Å². The van der Waals surface area contributed by atoms with E-state index in [4.69, 9.17) is 23.2 Å². The van der Waals surface area contributed by atoms with Crippen molar-refractivity contribution in [3.05, 3.63) is 23.5 Å². The van der Waals surface area contributed by atoms with Gasteiger partial charge < -0.3 is 5.32 Å². The number of carbonyl (C=O) groups is 1. The number of halogens is 2. The molecule has 1 amide bonds. The lowest BCUT2D eigenvalue weighted by atomic mass is 10.4. The lowest BCUT2D eigenvalue weighted by Gasteiger charge is -2.05. The standard InChI is InChI=1S/C8H8Cl2N2O/c1-5(9)8(13)12-6-2-3-7(10)11-4-6/h2-5H,1H3,(H,12,13). The minimum atomic E-state index is -0.560. The Morgan fingerprint density at radius 1 is 1.62 bits per heavy atom. The Balaban J connectivity index is 2.65. The summed E-state index contributed by atoms with van der Waals surface area (Å²) in [6.07, 6.45) is 1.47. The molecule has 0 spiro atoms. The first-order chi connectivity index (χ1) is 6.09. The zero-order valence-corrected chi connectivity index (χ0v) is 8.43. The molecule has 13 heavy (non-hydrogen) atoms. The molecule has 1 N–H and O–H groups in total. The van der Waals surface area contributed by atoms with Gasteiger partial charge in [0.25, 0.3) is 0 Å². The van der Waals surface area contributed by atoms with Crippen LogP contribution in [0.25, 0.3) is 0 Å². The van der Waals surface area contributed by atoms with Gasteiger partial charge in [-0.1, -0.05) is 11.6 Å². The second-order valence-corrected chi connectivity index (χ2v) is 3.52. The van der Waals surface area contributed by atoms with Crippen LogP contribution in [0, 0.1) is 0 Å². The molecule has 0 radical (unpaired) electrons. The fourth-order valence-electron chi connectivity index (χ4n) is 0.691. The Labute approximate surface area is 86.1 Å². The van der Waals surface area contributed by atoms with Crippen molar-refractivity contribution in [1.29, 1.82) is 0 Å². The van der Waals surface area contributed by atoms with Crippen LogP contribution in [0.1, 0.15) is 6.92 Å². The number of alkyl halides is 1. The lowest BCUT2D eigenvalue weighted by Crippen LogP contribution is -2.20. The van der Waals surface area contributed by atoms with Crippen molar-refractivity contribution in [2.75, 3.05) is 5.32 Å². The second-order valence-electron chi connectivity index (χ2n) is 2.47. The summed E-state index contributed by atoms with van der Waals surface area (Å²) in [4.78, 5) is 14.9. The van der Waals surface area contributed by atoms with Crippen molar-refractivity contribution in [2.24, 2.45) is 0 Å². The Kier molecular flexibility index (Phi) is 3.51.